The maximum Gasteiger partial charge on any atom is 0.106 e. The summed E-state index contributed by atoms with van der Waals surface area (Å²) in [7, 11) is 0. The van der Waals surface area contributed by atoms with Gasteiger partial charge < -0.3 is 5.32 Å². The number of nitrogens with one attached hydrogen (secondary N) is 1. The minimum Gasteiger partial charge on any atom is -0.314 e. The highest BCUT2D eigenvalue weighted by Crippen LogP contribution is 2.28. The number of rotatable bonds is 6. The Bertz CT molecular complexity index is 377. The molecule has 1 aromatic rings. The van der Waals surface area contributed by atoms with Crippen molar-refractivity contribution in [3.63, 3.8) is 0 Å². The quantitative estimate of drug-likeness (QED) is 0.642. The summed E-state index contributed by atoms with van der Waals surface area (Å²) in [6.07, 6.45) is 7.09. The predicted molar refractivity (Wildman–Crippen MR) is 83.3 cm³/mol. The van der Waals surface area contributed by atoms with Gasteiger partial charge in [0, 0.05) is 38.4 Å². The fraction of sp³-hybridized carbons (Fsp3) is 0.667. The summed E-state index contributed by atoms with van der Waals surface area (Å²) in [5, 5.41) is 3.44. The van der Waals surface area contributed by atoms with Crippen LogP contribution in [0.1, 0.15) is 44.2 Å². The molecule has 4 heteroatoms. The number of unbranched alkanes of at least 4 members (excludes halogenated alkanes) is 2. The monoisotopic (exact) mass is 325 g/mol. The minimum atomic E-state index is 0.549. The van der Waals surface area contributed by atoms with Crippen LogP contribution in [-0.2, 0) is 0 Å². The normalized spacial score (nSPS) is 18.4. The summed E-state index contributed by atoms with van der Waals surface area (Å²) in [5.41, 5.74) is 1.40. The van der Waals surface area contributed by atoms with Crippen LogP contribution in [0.2, 0.25) is 0 Å². The van der Waals surface area contributed by atoms with Crippen LogP contribution in [0, 0.1) is 0 Å². The van der Waals surface area contributed by atoms with Crippen LogP contribution in [0.4, 0.5) is 0 Å². The highest BCUT2D eigenvalue weighted by molar-refractivity contribution is 9.10. The molecule has 1 aliphatic heterocycles. The zero-order valence-electron chi connectivity index (χ0n) is 11.7. The van der Waals surface area contributed by atoms with Gasteiger partial charge in [-0.1, -0.05) is 26.2 Å². The van der Waals surface area contributed by atoms with Gasteiger partial charge in [0.1, 0.15) is 4.60 Å². The molecule has 0 amide bonds. The van der Waals surface area contributed by atoms with Gasteiger partial charge in [-0.2, -0.15) is 0 Å². The van der Waals surface area contributed by atoms with Crippen molar-refractivity contribution in [2.45, 2.75) is 38.6 Å². The van der Waals surface area contributed by atoms with Crippen molar-refractivity contribution in [3.8, 4) is 0 Å². The molecule has 0 radical (unpaired) electrons. The first-order valence-corrected chi connectivity index (χ1v) is 8.16. The van der Waals surface area contributed by atoms with E-state index in [4.69, 9.17) is 0 Å². The van der Waals surface area contributed by atoms with Crippen LogP contribution in [0.15, 0.2) is 22.9 Å². The topological polar surface area (TPSA) is 28.2 Å². The Morgan fingerprint density at radius 3 is 2.84 bits per heavy atom. The van der Waals surface area contributed by atoms with Crippen molar-refractivity contribution in [1.29, 1.82) is 0 Å². The zero-order chi connectivity index (χ0) is 13.5. The van der Waals surface area contributed by atoms with Crippen LogP contribution >= 0.6 is 15.9 Å². The van der Waals surface area contributed by atoms with Crippen molar-refractivity contribution >= 4 is 15.9 Å². The molecular weight excluding hydrogens is 302 g/mol. The molecule has 3 nitrogen and oxygen atoms in total. The molecular formula is C15H24BrN3. The van der Waals surface area contributed by atoms with Crippen molar-refractivity contribution < 1.29 is 0 Å². The Kier molecular flexibility index (Phi) is 6.28. The second kappa shape index (κ2) is 7.98. The Hall–Kier alpha value is -0.450. The molecule has 0 unspecified atom stereocenters. The molecule has 19 heavy (non-hydrogen) atoms. The Morgan fingerprint density at radius 1 is 1.37 bits per heavy atom. The molecule has 0 aliphatic carbocycles. The largest absolute Gasteiger partial charge is 0.314 e. The van der Waals surface area contributed by atoms with Crippen LogP contribution in [-0.4, -0.2) is 36.1 Å². The lowest BCUT2D eigenvalue weighted by Gasteiger charge is -2.35. The van der Waals surface area contributed by atoms with Gasteiger partial charge >= 0.3 is 0 Å². The number of pyridine rings is 1. The van der Waals surface area contributed by atoms with Gasteiger partial charge in [0.25, 0.3) is 0 Å². The van der Waals surface area contributed by atoms with Crippen molar-refractivity contribution in [2.75, 3.05) is 26.2 Å². The van der Waals surface area contributed by atoms with Crippen LogP contribution in [0.25, 0.3) is 0 Å². The van der Waals surface area contributed by atoms with E-state index in [9.17, 15) is 0 Å². The van der Waals surface area contributed by atoms with E-state index in [1.165, 1.54) is 31.2 Å². The fourth-order valence-electron chi connectivity index (χ4n) is 2.77. The third kappa shape index (κ3) is 4.55. The summed E-state index contributed by atoms with van der Waals surface area (Å²) >= 11 is 3.49. The molecule has 2 rings (SSSR count). The van der Waals surface area contributed by atoms with Crippen LogP contribution in [0.5, 0.6) is 0 Å². The average molecular weight is 326 g/mol. The Balaban J connectivity index is 2.08. The molecule has 2 heterocycles. The lowest BCUT2D eigenvalue weighted by Crippen LogP contribution is -2.45. The molecule has 1 saturated heterocycles. The summed E-state index contributed by atoms with van der Waals surface area (Å²) in [6.45, 7) is 6.78. The maximum atomic E-state index is 4.25. The van der Waals surface area contributed by atoms with Gasteiger partial charge in [0.2, 0.25) is 0 Å². The standard InChI is InChI=1S/C15H24BrN3/c1-2-3-4-5-14(19-10-8-17-9-11-19)13-6-7-18-15(16)12-13/h6-7,12,14,17H,2-5,8-11H2,1H3/t14-/m1/s1. The van der Waals surface area contributed by atoms with Crippen molar-refractivity contribution in [3.05, 3.63) is 28.5 Å². The molecule has 1 fully saturated rings. The molecule has 1 atom stereocenters. The zero-order valence-corrected chi connectivity index (χ0v) is 13.3. The lowest BCUT2D eigenvalue weighted by atomic mass is 9.99. The first-order chi connectivity index (χ1) is 9.31. The predicted octanol–water partition coefficient (Wildman–Crippen LogP) is 3.37. The number of piperazine rings is 1. The fourth-order valence-corrected chi connectivity index (χ4v) is 3.15. The number of halogens is 1. The first kappa shape index (κ1) is 14.9. The van der Waals surface area contributed by atoms with Crippen LogP contribution < -0.4 is 5.32 Å². The number of nitrogens with zero attached hydrogens (tertiary/aromatic N) is 2. The number of aromatic nitrogens is 1. The van der Waals surface area contributed by atoms with Gasteiger partial charge in [-0.25, -0.2) is 4.98 Å². The highest BCUT2D eigenvalue weighted by Gasteiger charge is 2.21. The molecule has 0 bridgehead atoms. The van der Waals surface area contributed by atoms with E-state index < -0.39 is 0 Å². The second-order valence-electron chi connectivity index (χ2n) is 5.21. The Labute approximate surface area is 124 Å². The van der Waals surface area contributed by atoms with Gasteiger partial charge in [-0.05, 0) is 40.0 Å². The van der Waals surface area contributed by atoms with E-state index in [0.29, 0.717) is 6.04 Å². The van der Waals surface area contributed by atoms with Gasteiger partial charge in [0.15, 0.2) is 0 Å². The molecule has 1 aromatic heterocycles. The van der Waals surface area contributed by atoms with Crippen molar-refractivity contribution in [1.82, 2.24) is 15.2 Å². The van der Waals surface area contributed by atoms with E-state index in [-0.39, 0.29) is 0 Å². The van der Waals surface area contributed by atoms with Crippen LogP contribution in [0.3, 0.4) is 0 Å². The second-order valence-corrected chi connectivity index (χ2v) is 6.02. The molecule has 1 N–H and O–H groups in total. The summed E-state index contributed by atoms with van der Waals surface area (Å²) in [6, 6.07) is 4.90. The molecule has 0 saturated carbocycles. The molecule has 0 spiro atoms. The average Bonchev–Trinajstić information content (AvgIpc) is 2.45. The third-order valence-corrected chi connectivity index (χ3v) is 4.24. The van der Waals surface area contributed by atoms with E-state index in [1.807, 2.05) is 6.20 Å². The van der Waals surface area contributed by atoms with Gasteiger partial charge in [-0.3, -0.25) is 4.90 Å². The lowest BCUT2D eigenvalue weighted by molar-refractivity contribution is 0.162. The summed E-state index contributed by atoms with van der Waals surface area (Å²) in [4.78, 5) is 6.87. The van der Waals surface area contributed by atoms with E-state index >= 15 is 0 Å². The van der Waals surface area contributed by atoms with Crippen molar-refractivity contribution in [2.24, 2.45) is 0 Å². The maximum absolute atomic E-state index is 4.25. The first-order valence-electron chi connectivity index (χ1n) is 7.37. The third-order valence-electron chi connectivity index (χ3n) is 3.81. The van der Waals surface area contributed by atoms with Gasteiger partial charge in [0.05, 0.1) is 0 Å². The van der Waals surface area contributed by atoms with E-state index in [2.05, 4.69) is 50.2 Å². The SMILES string of the molecule is CCCCC[C@H](c1ccnc(Br)c1)N1CCNCC1. The molecule has 106 valence electrons. The summed E-state index contributed by atoms with van der Waals surface area (Å²) < 4.78 is 0.945. The Morgan fingerprint density at radius 2 is 2.16 bits per heavy atom. The van der Waals surface area contributed by atoms with Gasteiger partial charge in [-0.15, -0.1) is 0 Å². The minimum absolute atomic E-state index is 0.549. The number of hydrogen-bond donors (Lipinski definition) is 1. The smallest absolute Gasteiger partial charge is 0.106 e. The molecule has 1 aliphatic rings. The molecule has 0 aromatic carbocycles. The highest BCUT2D eigenvalue weighted by atomic mass is 79.9. The number of hydrogen-bond acceptors (Lipinski definition) is 3. The van der Waals surface area contributed by atoms with E-state index in [1.54, 1.807) is 0 Å². The summed E-state index contributed by atoms with van der Waals surface area (Å²) in [5.74, 6) is 0. The van der Waals surface area contributed by atoms with E-state index in [0.717, 1.165) is 30.8 Å².